The van der Waals surface area contributed by atoms with Crippen LogP contribution in [0.1, 0.15) is 18.1 Å². The smallest absolute Gasteiger partial charge is 0.236 e. The largest absolute Gasteiger partial charge is 0.299 e. The highest BCUT2D eigenvalue weighted by Crippen LogP contribution is 2.50. The van der Waals surface area contributed by atoms with Crippen molar-refractivity contribution in [2.75, 3.05) is 0 Å². The van der Waals surface area contributed by atoms with Gasteiger partial charge in [0, 0.05) is 11.1 Å². The van der Waals surface area contributed by atoms with Crippen LogP contribution in [0.15, 0.2) is 83.8 Å². The lowest BCUT2D eigenvalue weighted by Gasteiger charge is -2.26. The van der Waals surface area contributed by atoms with Crippen molar-refractivity contribution in [1.29, 1.82) is 0 Å². The van der Waals surface area contributed by atoms with Gasteiger partial charge in [-0.15, -0.1) is 5.92 Å². The third-order valence-electron chi connectivity index (χ3n) is 4.47. The van der Waals surface area contributed by atoms with Crippen LogP contribution in [0.5, 0.6) is 0 Å². The third kappa shape index (κ3) is 2.45. The predicted octanol–water partition coefficient (Wildman–Crippen LogP) is 4.34. The zero-order valence-corrected chi connectivity index (χ0v) is 15.0. The van der Waals surface area contributed by atoms with Crippen LogP contribution in [0.25, 0.3) is 11.1 Å². The Morgan fingerprint density at radius 1 is 0.769 bits per heavy atom. The van der Waals surface area contributed by atoms with E-state index in [0.29, 0.717) is 0 Å². The van der Waals surface area contributed by atoms with Crippen molar-refractivity contribution in [3.05, 3.63) is 90.0 Å². The van der Waals surface area contributed by atoms with Crippen LogP contribution in [-0.2, 0) is 19.9 Å². The van der Waals surface area contributed by atoms with Gasteiger partial charge in [0.05, 0.1) is 4.90 Å². The van der Waals surface area contributed by atoms with E-state index < -0.39 is 15.7 Å². The lowest BCUT2D eigenvalue weighted by Crippen LogP contribution is -2.30. The van der Waals surface area contributed by atoms with Crippen molar-refractivity contribution in [1.82, 2.24) is 0 Å². The Kier molecular flexibility index (Phi) is 3.91. The van der Waals surface area contributed by atoms with Crippen LogP contribution in [0.3, 0.4) is 0 Å². The maximum absolute atomic E-state index is 13.0. The first-order valence-corrected chi connectivity index (χ1v) is 9.63. The van der Waals surface area contributed by atoms with Crippen LogP contribution in [-0.4, -0.2) is 8.42 Å². The van der Waals surface area contributed by atoms with Crippen LogP contribution >= 0.6 is 0 Å². The van der Waals surface area contributed by atoms with E-state index in [1.807, 2.05) is 48.5 Å². The minimum absolute atomic E-state index is 0.110. The number of fused-ring (bicyclic) bond motifs is 3. The Bertz CT molecular complexity index is 1090. The molecule has 128 valence electrons. The van der Waals surface area contributed by atoms with Crippen molar-refractivity contribution < 1.29 is 12.6 Å². The fraction of sp³-hybridized carbons (Fsp3) is 0.0909. The highest BCUT2D eigenvalue weighted by Gasteiger charge is 2.46. The van der Waals surface area contributed by atoms with Crippen molar-refractivity contribution in [2.24, 2.45) is 0 Å². The molecule has 1 aliphatic rings. The maximum Gasteiger partial charge on any atom is 0.299 e. The van der Waals surface area contributed by atoms with E-state index in [0.717, 1.165) is 22.3 Å². The minimum atomic E-state index is -4.01. The van der Waals surface area contributed by atoms with Gasteiger partial charge in [0.1, 0.15) is 0 Å². The lowest BCUT2D eigenvalue weighted by atomic mass is 9.92. The topological polar surface area (TPSA) is 43.4 Å². The average Bonchev–Trinajstić information content (AvgIpc) is 2.93. The Labute approximate surface area is 153 Å². The molecule has 3 aromatic rings. The molecule has 4 heteroatoms. The van der Waals surface area contributed by atoms with Crippen LogP contribution in [0.4, 0.5) is 0 Å². The van der Waals surface area contributed by atoms with Gasteiger partial charge < -0.3 is 0 Å². The molecular weight excluding hydrogens is 344 g/mol. The Hall–Kier alpha value is -2.87. The maximum atomic E-state index is 13.0. The van der Waals surface area contributed by atoms with Gasteiger partial charge in [-0.1, -0.05) is 72.7 Å². The molecule has 0 bridgehead atoms. The van der Waals surface area contributed by atoms with Crippen molar-refractivity contribution in [3.63, 3.8) is 0 Å². The molecule has 1 aliphatic carbocycles. The SMILES string of the molecule is CC#CC1(OS(=O)(=O)c2ccccc2)c2ccccc2-c2ccccc21. The second kappa shape index (κ2) is 6.14. The summed E-state index contributed by atoms with van der Waals surface area (Å²) in [7, 11) is -4.01. The quantitative estimate of drug-likeness (QED) is 0.515. The number of benzene rings is 3. The van der Waals surface area contributed by atoms with Gasteiger partial charge >= 0.3 is 0 Å². The molecule has 0 radical (unpaired) electrons. The summed E-state index contributed by atoms with van der Waals surface area (Å²) in [5.41, 5.74) is 2.02. The molecule has 0 aromatic heterocycles. The third-order valence-corrected chi connectivity index (χ3v) is 5.79. The fourth-order valence-corrected chi connectivity index (χ4v) is 4.55. The highest BCUT2D eigenvalue weighted by atomic mass is 32.2. The first-order valence-electron chi connectivity index (χ1n) is 8.22. The second-order valence-electron chi connectivity index (χ2n) is 6.00. The molecule has 3 nitrogen and oxygen atoms in total. The monoisotopic (exact) mass is 360 g/mol. The molecule has 0 saturated carbocycles. The van der Waals surface area contributed by atoms with Crippen LogP contribution in [0, 0.1) is 11.8 Å². The number of hydrogen-bond donors (Lipinski definition) is 0. The molecule has 0 N–H and O–H groups in total. The van der Waals surface area contributed by atoms with E-state index in [2.05, 4.69) is 11.8 Å². The van der Waals surface area contributed by atoms with E-state index in [4.69, 9.17) is 4.18 Å². The number of hydrogen-bond acceptors (Lipinski definition) is 3. The fourth-order valence-electron chi connectivity index (χ4n) is 3.42. The van der Waals surface area contributed by atoms with E-state index >= 15 is 0 Å². The summed E-state index contributed by atoms with van der Waals surface area (Å²) >= 11 is 0. The van der Waals surface area contributed by atoms with E-state index in [9.17, 15) is 8.42 Å². The van der Waals surface area contributed by atoms with Gasteiger partial charge in [-0.2, -0.15) is 8.42 Å². The molecule has 0 spiro atoms. The zero-order valence-electron chi connectivity index (χ0n) is 14.1. The summed E-state index contributed by atoms with van der Waals surface area (Å²) in [4.78, 5) is 0.110. The van der Waals surface area contributed by atoms with Crippen molar-refractivity contribution in [3.8, 4) is 23.0 Å². The van der Waals surface area contributed by atoms with E-state index in [1.54, 1.807) is 25.1 Å². The van der Waals surface area contributed by atoms with Gasteiger partial charge in [0.15, 0.2) is 5.60 Å². The molecule has 3 aromatic carbocycles. The molecule has 0 fully saturated rings. The molecule has 4 rings (SSSR count). The van der Waals surface area contributed by atoms with Crippen LogP contribution in [0.2, 0.25) is 0 Å². The molecule has 0 saturated heterocycles. The van der Waals surface area contributed by atoms with Gasteiger partial charge in [0.25, 0.3) is 10.1 Å². The molecule has 0 atom stereocenters. The van der Waals surface area contributed by atoms with Crippen molar-refractivity contribution >= 4 is 10.1 Å². The van der Waals surface area contributed by atoms with Gasteiger partial charge in [-0.25, -0.2) is 4.18 Å². The lowest BCUT2D eigenvalue weighted by molar-refractivity contribution is 0.188. The van der Waals surface area contributed by atoms with Crippen molar-refractivity contribution in [2.45, 2.75) is 17.4 Å². The van der Waals surface area contributed by atoms with E-state index in [1.165, 1.54) is 12.1 Å². The summed E-state index contributed by atoms with van der Waals surface area (Å²) in [6.07, 6.45) is 0. The first kappa shape index (κ1) is 16.6. The Morgan fingerprint density at radius 3 is 1.81 bits per heavy atom. The molecule has 0 amide bonds. The normalized spacial score (nSPS) is 14.0. The highest BCUT2D eigenvalue weighted by molar-refractivity contribution is 7.86. The molecular formula is C22H16O3S. The predicted molar refractivity (Wildman–Crippen MR) is 101 cm³/mol. The molecule has 0 aliphatic heterocycles. The minimum Gasteiger partial charge on any atom is -0.236 e. The number of rotatable bonds is 3. The molecule has 0 unspecified atom stereocenters. The summed E-state index contributed by atoms with van der Waals surface area (Å²) in [6.45, 7) is 1.68. The zero-order chi connectivity index (χ0) is 18.2. The summed E-state index contributed by atoms with van der Waals surface area (Å²) in [5.74, 6) is 5.91. The second-order valence-corrected chi connectivity index (χ2v) is 7.54. The average molecular weight is 360 g/mol. The summed E-state index contributed by atoms with van der Waals surface area (Å²) in [5, 5.41) is 0. The van der Waals surface area contributed by atoms with E-state index in [-0.39, 0.29) is 4.90 Å². The molecule has 26 heavy (non-hydrogen) atoms. The summed E-state index contributed by atoms with van der Waals surface area (Å²) < 4.78 is 31.9. The molecule has 0 heterocycles. The van der Waals surface area contributed by atoms with Gasteiger partial charge in [0.2, 0.25) is 0 Å². The standard InChI is InChI=1S/C22H16O3S/c1-2-16-22(25-26(23,24)17-10-4-3-5-11-17)20-14-8-6-12-18(20)19-13-7-9-15-21(19)22/h3-15H,1H3. The van der Waals surface area contributed by atoms with Gasteiger partial charge in [-0.05, 0) is 30.2 Å². The Balaban J connectivity index is 1.97. The van der Waals surface area contributed by atoms with Crippen LogP contribution < -0.4 is 0 Å². The summed E-state index contributed by atoms with van der Waals surface area (Å²) in [6, 6.07) is 23.4. The van der Waals surface area contributed by atoms with Gasteiger partial charge in [-0.3, -0.25) is 0 Å². The first-order chi connectivity index (χ1) is 12.6. The Morgan fingerprint density at radius 2 is 1.27 bits per heavy atom.